The van der Waals surface area contributed by atoms with Gasteiger partial charge in [0.2, 0.25) is 0 Å². The summed E-state index contributed by atoms with van der Waals surface area (Å²) in [6.07, 6.45) is 4.86. The molecule has 2 aromatic heterocycles. The number of rotatable bonds is 7. The van der Waals surface area contributed by atoms with Crippen LogP contribution in [0.1, 0.15) is 11.6 Å². The lowest BCUT2D eigenvalue weighted by atomic mass is 10.4. The number of hydrogen-bond acceptors (Lipinski definition) is 5. The van der Waals surface area contributed by atoms with Crippen LogP contribution in [0.3, 0.4) is 0 Å². The number of methoxy groups -OCH3 is 1. The van der Waals surface area contributed by atoms with Crippen molar-refractivity contribution in [3.63, 3.8) is 0 Å². The second kappa shape index (κ2) is 8.01. The van der Waals surface area contributed by atoms with Gasteiger partial charge in [-0.05, 0) is 18.2 Å². The van der Waals surface area contributed by atoms with Gasteiger partial charge in [0.1, 0.15) is 11.6 Å². The highest BCUT2D eigenvalue weighted by Gasteiger charge is 2.15. The van der Waals surface area contributed by atoms with Crippen LogP contribution in [0.2, 0.25) is 0 Å². The van der Waals surface area contributed by atoms with Crippen LogP contribution >= 0.6 is 0 Å². The van der Waals surface area contributed by atoms with Crippen molar-refractivity contribution in [1.82, 2.24) is 20.2 Å². The maximum absolute atomic E-state index is 12.2. The molecule has 0 radical (unpaired) electrons. The molecule has 7 nitrogen and oxygen atoms in total. The third kappa shape index (κ3) is 4.88. The Morgan fingerprint density at radius 3 is 2.86 bits per heavy atom. The number of carbonyl (C=O) groups is 1. The Balaban J connectivity index is 1.90. The lowest BCUT2D eigenvalue weighted by Gasteiger charge is -2.21. The summed E-state index contributed by atoms with van der Waals surface area (Å²) in [7, 11) is 1.60. The van der Waals surface area contributed by atoms with Crippen molar-refractivity contribution in [3.8, 4) is 0 Å². The number of nitrogens with zero attached hydrogens (tertiary/aromatic N) is 3. The average Bonchev–Trinajstić information content (AvgIpc) is 3.03. The van der Waals surface area contributed by atoms with E-state index >= 15 is 0 Å². The summed E-state index contributed by atoms with van der Waals surface area (Å²) >= 11 is 0. The first-order chi connectivity index (χ1) is 10.3. The van der Waals surface area contributed by atoms with Gasteiger partial charge in [0, 0.05) is 26.0 Å². The number of amides is 2. The molecule has 0 atom stereocenters. The minimum atomic E-state index is -0.212. The summed E-state index contributed by atoms with van der Waals surface area (Å²) in [5.41, 5.74) is 0. The van der Waals surface area contributed by atoms with E-state index in [1.807, 2.05) is 6.07 Å². The van der Waals surface area contributed by atoms with Crippen LogP contribution in [0, 0.1) is 0 Å². The topological polar surface area (TPSA) is 80.5 Å². The van der Waals surface area contributed by atoms with Crippen LogP contribution in [-0.4, -0.2) is 41.2 Å². The van der Waals surface area contributed by atoms with Gasteiger partial charge < -0.3 is 19.4 Å². The van der Waals surface area contributed by atoms with E-state index in [9.17, 15) is 4.79 Å². The normalized spacial score (nSPS) is 10.3. The predicted molar refractivity (Wildman–Crippen MR) is 75.3 cm³/mol. The summed E-state index contributed by atoms with van der Waals surface area (Å²) < 4.78 is 10.3. The van der Waals surface area contributed by atoms with Gasteiger partial charge in [-0.15, -0.1) is 0 Å². The molecule has 0 bridgehead atoms. The van der Waals surface area contributed by atoms with Gasteiger partial charge in [-0.3, -0.25) is 0 Å². The molecule has 21 heavy (non-hydrogen) atoms. The van der Waals surface area contributed by atoms with E-state index < -0.39 is 0 Å². The molecule has 112 valence electrons. The number of hydrogen-bond donors (Lipinski definition) is 1. The van der Waals surface area contributed by atoms with Gasteiger partial charge in [-0.2, -0.15) is 0 Å². The highest BCUT2D eigenvalue weighted by molar-refractivity contribution is 5.74. The average molecular weight is 290 g/mol. The molecule has 0 spiro atoms. The van der Waals surface area contributed by atoms with Crippen molar-refractivity contribution < 1.29 is 13.9 Å². The summed E-state index contributed by atoms with van der Waals surface area (Å²) in [4.78, 5) is 21.9. The zero-order valence-corrected chi connectivity index (χ0v) is 11.9. The Morgan fingerprint density at radius 1 is 1.38 bits per heavy atom. The van der Waals surface area contributed by atoms with Gasteiger partial charge in [0.25, 0.3) is 0 Å². The van der Waals surface area contributed by atoms with Crippen molar-refractivity contribution in [3.05, 3.63) is 48.4 Å². The Kier molecular flexibility index (Phi) is 5.71. The second-order valence-electron chi connectivity index (χ2n) is 4.32. The Hall–Kier alpha value is -2.41. The van der Waals surface area contributed by atoms with Crippen LogP contribution in [0.15, 0.2) is 41.3 Å². The summed E-state index contributed by atoms with van der Waals surface area (Å²) in [6.45, 7) is 1.59. The van der Waals surface area contributed by atoms with Gasteiger partial charge >= 0.3 is 6.03 Å². The van der Waals surface area contributed by atoms with Crippen LogP contribution in [0.25, 0.3) is 0 Å². The van der Waals surface area contributed by atoms with Gasteiger partial charge in [-0.1, -0.05) is 0 Å². The molecule has 2 rings (SSSR count). The van der Waals surface area contributed by atoms with Gasteiger partial charge in [0.15, 0.2) is 0 Å². The summed E-state index contributed by atoms with van der Waals surface area (Å²) in [6, 6.07) is 5.14. The molecule has 0 unspecified atom stereocenters. The first-order valence-electron chi connectivity index (χ1n) is 6.59. The lowest BCUT2D eigenvalue weighted by molar-refractivity contribution is 0.142. The summed E-state index contributed by atoms with van der Waals surface area (Å²) in [5, 5.41) is 2.79. The minimum Gasteiger partial charge on any atom is -0.467 e. The first kappa shape index (κ1) is 15.0. The smallest absolute Gasteiger partial charge is 0.318 e. The van der Waals surface area contributed by atoms with Crippen LogP contribution in [0.5, 0.6) is 0 Å². The molecule has 7 heteroatoms. The predicted octanol–water partition coefficient (Wildman–Crippen LogP) is 1.43. The standard InChI is InChI=1S/C14H18N4O3/c1-20-9-7-18(11-12-4-2-8-21-12)14(19)17-10-13-15-5-3-6-16-13/h2-6,8H,7,9-11H2,1H3,(H,17,19). The van der Waals surface area contributed by atoms with E-state index in [1.54, 1.807) is 42.8 Å². The highest BCUT2D eigenvalue weighted by Crippen LogP contribution is 2.05. The van der Waals surface area contributed by atoms with E-state index in [0.29, 0.717) is 25.5 Å². The van der Waals surface area contributed by atoms with Gasteiger partial charge in [-0.25, -0.2) is 14.8 Å². The SMILES string of the molecule is COCCN(Cc1ccco1)C(=O)NCc1ncccn1. The second-order valence-corrected chi connectivity index (χ2v) is 4.32. The quantitative estimate of drug-likeness (QED) is 0.834. The first-order valence-corrected chi connectivity index (χ1v) is 6.59. The monoisotopic (exact) mass is 290 g/mol. The van der Waals surface area contributed by atoms with Crippen molar-refractivity contribution in [2.24, 2.45) is 0 Å². The zero-order valence-electron chi connectivity index (χ0n) is 11.9. The number of furan rings is 1. The number of ether oxygens (including phenoxy) is 1. The summed E-state index contributed by atoms with van der Waals surface area (Å²) in [5.74, 6) is 1.28. The van der Waals surface area contributed by atoms with E-state index in [0.717, 1.165) is 5.76 Å². The third-order valence-electron chi connectivity index (χ3n) is 2.80. The molecule has 2 heterocycles. The fraction of sp³-hybridized carbons (Fsp3) is 0.357. The maximum atomic E-state index is 12.2. The van der Waals surface area contributed by atoms with E-state index in [1.165, 1.54) is 0 Å². The molecule has 0 aliphatic heterocycles. The van der Waals surface area contributed by atoms with Crippen LogP contribution in [0.4, 0.5) is 4.79 Å². The van der Waals surface area contributed by atoms with Crippen molar-refractivity contribution in [2.45, 2.75) is 13.1 Å². The molecule has 2 aromatic rings. The van der Waals surface area contributed by atoms with E-state index in [-0.39, 0.29) is 12.6 Å². The minimum absolute atomic E-state index is 0.212. The Labute approximate surface area is 122 Å². The fourth-order valence-electron chi connectivity index (χ4n) is 1.73. The molecular weight excluding hydrogens is 272 g/mol. The molecule has 2 amide bonds. The van der Waals surface area contributed by atoms with Crippen molar-refractivity contribution in [1.29, 1.82) is 0 Å². The largest absolute Gasteiger partial charge is 0.467 e. The molecule has 0 aliphatic carbocycles. The molecule has 0 aromatic carbocycles. The molecular formula is C14H18N4O3. The number of urea groups is 1. The van der Waals surface area contributed by atoms with E-state index in [4.69, 9.17) is 9.15 Å². The molecule has 1 N–H and O–H groups in total. The van der Waals surface area contributed by atoms with Crippen LogP contribution in [-0.2, 0) is 17.8 Å². The third-order valence-corrected chi connectivity index (χ3v) is 2.80. The van der Waals surface area contributed by atoms with Crippen molar-refractivity contribution >= 4 is 6.03 Å². The van der Waals surface area contributed by atoms with Crippen LogP contribution < -0.4 is 5.32 Å². The fourth-order valence-corrected chi connectivity index (χ4v) is 1.73. The number of aromatic nitrogens is 2. The Bertz CT molecular complexity index is 530. The van der Waals surface area contributed by atoms with E-state index in [2.05, 4.69) is 15.3 Å². The number of carbonyl (C=O) groups excluding carboxylic acids is 1. The maximum Gasteiger partial charge on any atom is 0.318 e. The van der Waals surface area contributed by atoms with Crippen molar-refractivity contribution in [2.75, 3.05) is 20.3 Å². The number of nitrogens with one attached hydrogen (secondary N) is 1. The Morgan fingerprint density at radius 2 is 2.19 bits per heavy atom. The lowest BCUT2D eigenvalue weighted by Crippen LogP contribution is -2.41. The highest BCUT2D eigenvalue weighted by atomic mass is 16.5. The molecule has 0 fully saturated rings. The molecule has 0 aliphatic rings. The molecule has 0 saturated carbocycles. The molecule has 0 saturated heterocycles. The zero-order chi connectivity index (χ0) is 14.9. The van der Waals surface area contributed by atoms with Gasteiger partial charge in [0.05, 0.1) is 26.0 Å².